The number of aryl methyl sites for hydroxylation is 2. The molecule has 6 heteroatoms. The third-order valence-corrected chi connectivity index (χ3v) is 5.86. The van der Waals surface area contributed by atoms with Crippen LogP contribution in [0.4, 0.5) is 5.69 Å². The second-order valence-corrected chi connectivity index (χ2v) is 8.00. The maximum absolute atomic E-state index is 13.1. The molecule has 0 fully saturated rings. The van der Waals surface area contributed by atoms with Crippen molar-refractivity contribution in [2.45, 2.75) is 32.2 Å². The van der Waals surface area contributed by atoms with Crippen molar-refractivity contribution in [1.29, 1.82) is 0 Å². The van der Waals surface area contributed by atoms with Crippen molar-refractivity contribution in [2.24, 2.45) is 0 Å². The third kappa shape index (κ3) is 4.12. The van der Waals surface area contributed by atoms with Crippen molar-refractivity contribution in [3.63, 3.8) is 0 Å². The summed E-state index contributed by atoms with van der Waals surface area (Å²) in [6.07, 6.45) is 1.89. The molecule has 0 unspecified atom stereocenters. The number of carbonyl (C=O) groups excluding carboxylic acids is 1. The van der Waals surface area contributed by atoms with Gasteiger partial charge in [-0.15, -0.1) is 10.2 Å². The zero-order valence-corrected chi connectivity index (χ0v) is 17.9. The van der Waals surface area contributed by atoms with Crippen LogP contribution >= 0.6 is 0 Å². The number of para-hydroxylation sites is 3. The molecule has 6 nitrogen and oxygen atoms in total. The number of fused-ring (bicyclic) bond motifs is 1. The van der Waals surface area contributed by atoms with Gasteiger partial charge in [0, 0.05) is 24.4 Å². The van der Waals surface area contributed by atoms with E-state index in [4.69, 9.17) is 4.74 Å². The second-order valence-electron chi connectivity index (χ2n) is 8.00. The van der Waals surface area contributed by atoms with Gasteiger partial charge in [-0.25, -0.2) is 0 Å². The summed E-state index contributed by atoms with van der Waals surface area (Å²) in [6, 6.07) is 24.9. The summed E-state index contributed by atoms with van der Waals surface area (Å²) < 4.78 is 8.15. The number of anilines is 1. The Bertz CT molecular complexity index is 1250. The number of rotatable bonds is 5. The molecule has 1 aliphatic rings. The number of amides is 1. The molecule has 5 rings (SSSR count). The first-order chi connectivity index (χ1) is 15.7. The molecular weight excluding hydrogens is 400 g/mol. The molecule has 3 aromatic carbocycles. The first-order valence-corrected chi connectivity index (χ1v) is 10.8. The van der Waals surface area contributed by atoms with Gasteiger partial charge in [-0.3, -0.25) is 4.79 Å². The number of hydrogen-bond donors (Lipinski definition) is 1. The molecule has 1 amide bonds. The normalized spacial score (nSPS) is 15.1. The van der Waals surface area contributed by atoms with Gasteiger partial charge in [0.15, 0.2) is 5.75 Å². The zero-order valence-electron chi connectivity index (χ0n) is 17.9. The number of hydrogen-bond acceptors (Lipinski definition) is 4. The highest BCUT2D eigenvalue weighted by atomic mass is 16.5. The Morgan fingerprint density at radius 3 is 2.69 bits per heavy atom. The summed E-state index contributed by atoms with van der Waals surface area (Å²) in [5, 5.41) is 11.5. The van der Waals surface area contributed by atoms with Crippen LogP contribution in [0, 0.1) is 6.92 Å². The number of carbonyl (C=O) groups is 1. The maximum atomic E-state index is 13.1. The van der Waals surface area contributed by atoms with E-state index in [1.807, 2.05) is 79.7 Å². The van der Waals surface area contributed by atoms with Gasteiger partial charge in [-0.05, 0) is 55.3 Å². The molecule has 32 heavy (non-hydrogen) atoms. The third-order valence-electron chi connectivity index (χ3n) is 5.86. The van der Waals surface area contributed by atoms with Crippen molar-refractivity contribution in [1.82, 2.24) is 14.8 Å². The number of ether oxygens (including phenoxy) is 1. The summed E-state index contributed by atoms with van der Waals surface area (Å²) in [6.45, 7) is 2.82. The highest BCUT2D eigenvalue weighted by Gasteiger charge is 2.23. The number of aromatic nitrogens is 3. The van der Waals surface area contributed by atoms with Crippen molar-refractivity contribution in [2.75, 3.05) is 5.32 Å². The lowest BCUT2D eigenvalue weighted by atomic mass is 9.90. The Hall–Kier alpha value is -3.93. The predicted molar refractivity (Wildman–Crippen MR) is 123 cm³/mol. The van der Waals surface area contributed by atoms with Crippen LogP contribution in [0.2, 0.25) is 0 Å². The highest BCUT2D eigenvalue weighted by molar-refractivity contribution is 6.05. The molecule has 1 atom stereocenters. The lowest BCUT2D eigenvalue weighted by Gasteiger charge is -2.24. The van der Waals surface area contributed by atoms with Crippen molar-refractivity contribution >= 4 is 11.6 Å². The molecule has 1 N–H and O–H groups in total. The Kier molecular flexibility index (Phi) is 5.42. The number of benzene rings is 3. The Morgan fingerprint density at radius 2 is 1.81 bits per heavy atom. The van der Waals surface area contributed by atoms with Gasteiger partial charge in [-0.1, -0.05) is 42.5 Å². The average molecular weight is 425 g/mol. The Balaban J connectivity index is 1.34. The van der Waals surface area contributed by atoms with Crippen LogP contribution in [-0.2, 0) is 13.0 Å². The smallest absolute Gasteiger partial charge is 0.255 e. The molecule has 2 heterocycles. The molecule has 0 spiro atoms. The molecule has 1 aromatic heterocycles. The average Bonchev–Trinajstić information content (AvgIpc) is 3.21. The largest absolute Gasteiger partial charge is 0.455 e. The van der Waals surface area contributed by atoms with E-state index in [9.17, 15) is 4.79 Å². The van der Waals surface area contributed by atoms with Crippen LogP contribution in [0.5, 0.6) is 11.5 Å². The van der Waals surface area contributed by atoms with Gasteiger partial charge < -0.3 is 14.6 Å². The van der Waals surface area contributed by atoms with Crippen LogP contribution in [0.3, 0.4) is 0 Å². The monoisotopic (exact) mass is 424 g/mol. The second kappa shape index (κ2) is 8.67. The Morgan fingerprint density at radius 1 is 1.00 bits per heavy atom. The summed E-state index contributed by atoms with van der Waals surface area (Å²) in [5.74, 6) is 3.48. The summed E-state index contributed by atoms with van der Waals surface area (Å²) in [5.41, 5.74) is 2.42. The van der Waals surface area contributed by atoms with Crippen molar-refractivity contribution in [3.8, 4) is 11.5 Å². The van der Waals surface area contributed by atoms with E-state index in [1.54, 1.807) is 0 Å². The van der Waals surface area contributed by atoms with E-state index in [-0.39, 0.29) is 5.91 Å². The van der Waals surface area contributed by atoms with Crippen molar-refractivity contribution in [3.05, 3.63) is 102 Å². The fourth-order valence-corrected chi connectivity index (χ4v) is 4.14. The molecule has 4 aromatic rings. The van der Waals surface area contributed by atoms with Crippen LogP contribution in [-0.4, -0.2) is 20.7 Å². The lowest BCUT2D eigenvalue weighted by molar-refractivity contribution is 0.102. The van der Waals surface area contributed by atoms with Gasteiger partial charge in [-0.2, -0.15) is 0 Å². The molecule has 0 saturated carbocycles. The minimum absolute atomic E-state index is 0.159. The topological polar surface area (TPSA) is 69.0 Å². The van der Waals surface area contributed by atoms with Gasteiger partial charge in [0.05, 0.1) is 5.69 Å². The molecule has 0 saturated heterocycles. The van der Waals surface area contributed by atoms with E-state index >= 15 is 0 Å². The first-order valence-electron chi connectivity index (χ1n) is 10.8. The van der Waals surface area contributed by atoms with Crippen LogP contribution in [0.15, 0.2) is 78.9 Å². The van der Waals surface area contributed by atoms with E-state index in [2.05, 4.69) is 26.1 Å². The van der Waals surface area contributed by atoms with E-state index in [0.29, 0.717) is 22.9 Å². The van der Waals surface area contributed by atoms with E-state index in [1.165, 1.54) is 0 Å². The standard InChI is InChI=1S/C26H24N4O2/c1-18-28-29-25-15-14-21(17-30(18)25)19-8-7-9-20(16-19)26(31)27-23-12-5-6-13-24(23)32-22-10-3-2-4-11-22/h2-13,16,21H,14-15,17H2,1H3,(H,27,31)/t21-/m0/s1. The summed E-state index contributed by atoms with van der Waals surface area (Å²) in [7, 11) is 0. The number of nitrogens with one attached hydrogen (secondary N) is 1. The first kappa shape index (κ1) is 20.0. The molecule has 0 radical (unpaired) electrons. The molecular formula is C26H24N4O2. The predicted octanol–water partition coefficient (Wildman–Crippen LogP) is 5.36. The SMILES string of the molecule is Cc1nnc2n1C[C@@H](c1cccc(C(=O)Nc3ccccc3Oc3ccccc3)c1)CC2. The summed E-state index contributed by atoms with van der Waals surface area (Å²) >= 11 is 0. The van der Waals surface area contributed by atoms with E-state index < -0.39 is 0 Å². The fraction of sp³-hybridized carbons (Fsp3) is 0.192. The Labute approximate surface area is 186 Å². The van der Waals surface area contributed by atoms with E-state index in [0.717, 1.165) is 42.3 Å². The molecule has 160 valence electrons. The fourth-order valence-electron chi connectivity index (χ4n) is 4.14. The maximum Gasteiger partial charge on any atom is 0.255 e. The van der Waals surface area contributed by atoms with Crippen LogP contribution in [0.1, 0.15) is 39.9 Å². The van der Waals surface area contributed by atoms with Crippen molar-refractivity contribution < 1.29 is 9.53 Å². The van der Waals surface area contributed by atoms with Crippen LogP contribution < -0.4 is 10.1 Å². The number of nitrogens with zero attached hydrogens (tertiary/aromatic N) is 3. The van der Waals surface area contributed by atoms with Gasteiger partial charge in [0.1, 0.15) is 17.4 Å². The minimum Gasteiger partial charge on any atom is -0.455 e. The van der Waals surface area contributed by atoms with Gasteiger partial charge >= 0.3 is 0 Å². The van der Waals surface area contributed by atoms with Gasteiger partial charge in [0.2, 0.25) is 0 Å². The zero-order chi connectivity index (χ0) is 21.9. The molecule has 1 aliphatic heterocycles. The summed E-state index contributed by atoms with van der Waals surface area (Å²) in [4.78, 5) is 13.1. The lowest BCUT2D eigenvalue weighted by Crippen LogP contribution is -2.20. The quantitative estimate of drug-likeness (QED) is 0.468. The van der Waals surface area contributed by atoms with Crippen LogP contribution in [0.25, 0.3) is 0 Å². The molecule has 0 bridgehead atoms. The highest BCUT2D eigenvalue weighted by Crippen LogP contribution is 2.31. The minimum atomic E-state index is -0.159. The van der Waals surface area contributed by atoms with Gasteiger partial charge in [0.25, 0.3) is 5.91 Å². The molecule has 0 aliphatic carbocycles.